The number of carbonyl (C=O) groups excluding carboxylic acids is 1. The van der Waals surface area contributed by atoms with Crippen LogP contribution in [0.15, 0.2) is 0 Å². The molecule has 0 aromatic carbocycles. The third-order valence-corrected chi connectivity index (χ3v) is 6.13. The molecule has 0 saturated carbocycles. The highest BCUT2D eigenvalue weighted by Gasteiger charge is 2.88. The fourth-order valence-corrected chi connectivity index (χ4v) is 2.78. The zero-order valence-corrected chi connectivity index (χ0v) is 25.6. The van der Waals surface area contributed by atoms with Crippen LogP contribution in [0.2, 0.25) is 0 Å². The van der Waals surface area contributed by atoms with Gasteiger partial charge in [0.05, 0.1) is 33.2 Å². The summed E-state index contributed by atoms with van der Waals surface area (Å²) in [5, 5.41) is 0.836. The Labute approximate surface area is 273 Å². The van der Waals surface area contributed by atoms with Gasteiger partial charge in [-0.25, -0.2) is 0 Å². The Bertz CT molecular complexity index is 1120. The van der Waals surface area contributed by atoms with Crippen LogP contribution >= 0.6 is 0 Å². The van der Waals surface area contributed by atoms with Crippen LogP contribution in [0, 0.1) is 0 Å². The first-order valence-corrected chi connectivity index (χ1v) is 11.7. The van der Waals surface area contributed by atoms with Gasteiger partial charge in [-0.15, -0.1) is 0 Å². The summed E-state index contributed by atoms with van der Waals surface area (Å²) in [4.78, 5) is 11.8. The van der Waals surface area contributed by atoms with Crippen molar-refractivity contribution in [2.24, 2.45) is 0 Å². The van der Waals surface area contributed by atoms with Crippen molar-refractivity contribution in [2.75, 3.05) is 33.2 Å². The van der Waals surface area contributed by atoms with Crippen molar-refractivity contribution in [1.82, 2.24) is 5.32 Å². The highest BCUT2D eigenvalue weighted by Crippen LogP contribution is 2.59. The topological polar surface area (TPSA) is 56.8 Å². The molecule has 30 heteroatoms. The smallest absolute Gasteiger partial charge is 0.462 e. The van der Waals surface area contributed by atoms with Crippen LogP contribution in [0.5, 0.6) is 0 Å². The van der Waals surface area contributed by atoms with Crippen LogP contribution in [-0.4, -0.2) is 110 Å². The zero-order valence-electron chi connectivity index (χ0n) is 23.5. The normalized spacial score (nSPS) is 18.6. The third kappa shape index (κ3) is 9.46. The van der Waals surface area contributed by atoms with Gasteiger partial charge in [0.1, 0.15) is 0 Å². The summed E-state index contributed by atoms with van der Waals surface area (Å²) >= 11 is 0. The lowest BCUT2D eigenvalue weighted by Gasteiger charge is -2.42. The number of ether oxygens (including phenoxy) is 3. The van der Waals surface area contributed by atoms with E-state index >= 15 is 0 Å². The molecule has 0 aromatic heterocycles. The van der Waals surface area contributed by atoms with E-state index in [2.05, 4.69) is 0 Å². The quantitative estimate of drug-likeness (QED) is 0.152. The number of nitrogens with zero attached hydrogens (tertiary/aromatic N) is 1. The summed E-state index contributed by atoms with van der Waals surface area (Å²) in [7, 11) is 1.30. The van der Waals surface area contributed by atoms with Gasteiger partial charge in [0.15, 0.2) is 0 Å². The molecule has 0 aliphatic carbocycles. The molecule has 0 aliphatic rings. The van der Waals surface area contributed by atoms with Crippen LogP contribution in [0.3, 0.4) is 0 Å². The number of quaternary nitrogens is 1. The molecule has 3 atom stereocenters. The number of amides is 1. The molecule has 0 aliphatic heterocycles. The number of carbonyl (C=O) groups is 1. The monoisotopic (exact) mass is 902 g/mol. The molecule has 0 fully saturated rings. The third-order valence-electron chi connectivity index (χ3n) is 6.13. The number of hydrogen-bond donors (Lipinski definition) is 1. The highest BCUT2D eigenvalue weighted by atomic mass is 127. The predicted molar refractivity (Wildman–Crippen MR) is 104 cm³/mol. The molecule has 0 bridgehead atoms. The summed E-state index contributed by atoms with van der Waals surface area (Å²) in [5.74, 6) is -36.1. The van der Waals surface area contributed by atoms with Gasteiger partial charge >= 0.3 is 66.5 Å². The summed E-state index contributed by atoms with van der Waals surface area (Å²) in [6.45, 7) is 1.24. The van der Waals surface area contributed by atoms with Crippen LogP contribution in [0.4, 0.5) is 101 Å². The van der Waals surface area contributed by atoms with E-state index in [0.29, 0.717) is 0 Å². The molecular weight excluding hydrogens is 884 g/mol. The van der Waals surface area contributed by atoms with Gasteiger partial charge in [-0.2, -0.15) is 101 Å². The second kappa shape index (κ2) is 14.5. The molecule has 49 heavy (non-hydrogen) atoms. The summed E-state index contributed by atoms with van der Waals surface area (Å²) in [6, 6.07) is 0. The zero-order chi connectivity index (χ0) is 39.2. The van der Waals surface area contributed by atoms with E-state index in [4.69, 9.17) is 0 Å². The van der Waals surface area contributed by atoms with E-state index in [1.165, 1.54) is 25.6 Å². The first-order valence-electron chi connectivity index (χ1n) is 11.7. The van der Waals surface area contributed by atoms with Crippen molar-refractivity contribution in [3.8, 4) is 0 Å². The largest absolute Gasteiger partial charge is 1.00 e. The van der Waals surface area contributed by atoms with E-state index in [-0.39, 0.29) is 41.5 Å². The summed E-state index contributed by atoms with van der Waals surface area (Å²) in [5.41, 5.74) is 0. The Morgan fingerprint density at radius 3 is 1.14 bits per heavy atom. The molecule has 0 spiro atoms. The number of halogens is 24. The minimum absolute atomic E-state index is 0. The van der Waals surface area contributed by atoms with E-state index < -0.39 is 85.5 Å². The minimum atomic E-state index is -8.74. The molecule has 0 heterocycles. The van der Waals surface area contributed by atoms with E-state index in [0.717, 1.165) is 10.1 Å². The molecule has 296 valence electrons. The molecule has 0 aromatic rings. The van der Waals surface area contributed by atoms with Crippen molar-refractivity contribution in [2.45, 2.75) is 80.4 Å². The van der Waals surface area contributed by atoms with Crippen molar-refractivity contribution < 1.29 is 148 Å². The van der Waals surface area contributed by atoms with Gasteiger partial charge in [0, 0.05) is 0 Å². The highest BCUT2D eigenvalue weighted by molar-refractivity contribution is 5.84. The minimum Gasteiger partial charge on any atom is -1.00 e. The molecule has 6 nitrogen and oxygen atoms in total. The van der Waals surface area contributed by atoms with Crippen LogP contribution in [0.25, 0.3) is 0 Å². The standard InChI is InChI=1S/C19H17F23N2O4.HI/c1-4-44(3,5-2)7-6-43-8(45)9(20,13(25,26)27)46-18(39,40)11(23,15(31,32)33)48-19(41,42)12(24,16(34,35)36)47-17(37,38)10(21,22)14(28,29)30;/h4-7H2,1-3H3;1H. The fraction of sp³-hybridized carbons (Fsp3) is 0.947. The molecule has 1 N–H and O–H groups in total. The molecule has 0 rings (SSSR count). The lowest BCUT2D eigenvalue weighted by atomic mass is 10.2. The average Bonchev–Trinajstić information content (AvgIpc) is 2.84. The second-order valence-corrected chi connectivity index (χ2v) is 9.44. The first kappa shape index (κ1) is 49.5. The van der Waals surface area contributed by atoms with Gasteiger partial charge in [-0.3, -0.25) is 19.0 Å². The van der Waals surface area contributed by atoms with Crippen LogP contribution < -0.4 is 29.3 Å². The Morgan fingerprint density at radius 2 is 0.857 bits per heavy atom. The Kier molecular flexibility index (Phi) is 14.6. The van der Waals surface area contributed by atoms with E-state index in [1.807, 2.05) is 4.74 Å². The molecule has 0 radical (unpaired) electrons. The molecule has 1 amide bonds. The predicted octanol–water partition coefficient (Wildman–Crippen LogP) is 4.30. The van der Waals surface area contributed by atoms with Gasteiger partial charge in [0.2, 0.25) is 0 Å². The van der Waals surface area contributed by atoms with Crippen LogP contribution in [-0.2, 0) is 19.0 Å². The van der Waals surface area contributed by atoms with Crippen molar-refractivity contribution in [1.29, 1.82) is 0 Å². The van der Waals surface area contributed by atoms with Gasteiger partial charge in [-0.1, -0.05) is 0 Å². The SMILES string of the molecule is CC[N+](C)(CC)CCNC(=O)C(F)(OC(F)(F)C(F)(OC(F)(F)C(F)(OC(F)(F)C(F)(F)C(F)(F)F)C(F)(F)F)C(F)(F)F)C(F)(F)F.[I-]. The van der Waals surface area contributed by atoms with Gasteiger partial charge in [-0.05, 0) is 13.8 Å². The fourth-order valence-electron chi connectivity index (χ4n) is 2.78. The van der Waals surface area contributed by atoms with Gasteiger partial charge in [0.25, 0.3) is 5.91 Å². The Morgan fingerprint density at radius 1 is 0.531 bits per heavy atom. The Balaban J connectivity index is 0. The van der Waals surface area contributed by atoms with Crippen molar-refractivity contribution >= 4 is 5.91 Å². The molecule has 3 unspecified atom stereocenters. The average molecular weight is 902 g/mol. The lowest BCUT2D eigenvalue weighted by molar-refractivity contribution is -0.904. The number of hydrogen-bond acceptors (Lipinski definition) is 4. The summed E-state index contributed by atoms with van der Waals surface area (Å²) < 4.78 is 311. The number of nitrogens with one attached hydrogen (secondary N) is 1. The maximum absolute atomic E-state index is 14.6. The number of rotatable bonds is 15. The van der Waals surface area contributed by atoms with E-state index in [9.17, 15) is 106 Å². The number of likely N-dealkylation sites (N-methyl/N-ethyl adjacent to an activating group) is 1. The maximum Gasteiger partial charge on any atom is 0.462 e. The maximum atomic E-state index is 14.6. The Hall–Kier alpha value is -1.57. The first-order chi connectivity index (χ1) is 20.6. The summed E-state index contributed by atoms with van der Waals surface area (Å²) in [6.07, 6.45) is -57.5. The van der Waals surface area contributed by atoms with Crippen molar-refractivity contribution in [3.05, 3.63) is 0 Å². The van der Waals surface area contributed by atoms with E-state index in [1.54, 1.807) is 0 Å². The number of alkyl halides is 23. The van der Waals surface area contributed by atoms with Crippen LogP contribution in [0.1, 0.15) is 13.8 Å². The second-order valence-electron chi connectivity index (χ2n) is 9.44. The van der Waals surface area contributed by atoms with Gasteiger partial charge < -0.3 is 33.8 Å². The van der Waals surface area contributed by atoms with Crippen molar-refractivity contribution in [3.63, 3.8) is 0 Å². The molecular formula is C19H18F23IN2O4. The lowest BCUT2D eigenvalue weighted by Crippen LogP contribution is -3.00. The molecule has 0 saturated heterocycles.